The summed E-state index contributed by atoms with van der Waals surface area (Å²) in [5.41, 5.74) is 6.47. The fraction of sp³-hybridized carbons (Fsp3) is 0.533. The van der Waals surface area contributed by atoms with Gasteiger partial charge in [0.1, 0.15) is 5.75 Å². The van der Waals surface area contributed by atoms with E-state index in [1.807, 2.05) is 6.92 Å². The number of carbonyl (C=O) groups is 1. The number of nitrogens with zero attached hydrogens (tertiary/aromatic N) is 1. The van der Waals surface area contributed by atoms with Crippen molar-refractivity contribution in [1.82, 2.24) is 4.90 Å². The zero-order valence-corrected chi connectivity index (χ0v) is 12.4. The van der Waals surface area contributed by atoms with E-state index in [9.17, 15) is 13.6 Å². The van der Waals surface area contributed by atoms with Crippen LogP contribution in [0.5, 0.6) is 5.75 Å². The van der Waals surface area contributed by atoms with E-state index in [-0.39, 0.29) is 17.6 Å². The van der Waals surface area contributed by atoms with E-state index in [4.69, 9.17) is 5.73 Å². The molecule has 1 aromatic carbocycles. The molecule has 6 heteroatoms. The second-order valence-corrected chi connectivity index (χ2v) is 4.94. The summed E-state index contributed by atoms with van der Waals surface area (Å²) in [6.45, 7) is -0.0800. The highest BCUT2D eigenvalue weighted by molar-refractivity contribution is 5.78. The summed E-state index contributed by atoms with van der Waals surface area (Å²) in [5.74, 6) is -0.0535. The molecule has 0 aliphatic carbocycles. The lowest BCUT2D eigenvalue weighted by Crippen LogP contribution is -2.36. The summed E-state index contributed by atoms with van der Waals surface area (Å²) in [5, 5.41) is 0. The summed E-state index contributed by atoms with van der Waals surface area (Å²) in [7, 11) is 1.71. The van der Waals surface area contributed by atoms with Gasteiger partial charge in [0.05, 0.1) is 5.92 Å². The number of halogens is 2. The van der Waals surface area contributed by atoms with Gasteiger partial charge in [0.15, 0.2) is 0 Å². The number of nitrogens with two attached hydrogens (primary N) is 1. The minimum Gasteiger partial charge on any atom is -0.435 e. The first-order valence-corrected chi connectivity index (χ1v) is 6.96. The topological polar surface area (TPSA) is 55.6 Å². The predicted octanol–water partition coefficient (Wildman–Crippen LogP) is 2.62. The summed E-state index contributed by atoms with van der Waals surface area (Å²) >= 11 is 0. The second kappa shape index (κ2) is 8.56. The van der Waals surface area contributed by atoms with Gasteiger partial charge in [-0.1, -0.05) is 25.5 Å². The highest BCUT2D eigenvalue weighted by atomic mass is 19.3. The number of ether oxygens (including phenoxy) is 1. The number of benzene rings is 1. The van der Waals surface area contributed by atoms with Gasteiger partial charge >= 0.3 is 6.61 Å². The summed E-state index contributed by atoms with van der Waals surface area (Å²) in [4.78, 5) is 13.8. The van der Waals surface area contributed by atoms with Crippen LogP contribution in [0.25, 0.3) is 0 Å². The van der Waals surface area contributed by atoms with E-state index >= 15 is 0 Å². The lowest BCUT2D eigenvalue weighted by atomic mass is 10.0. The Labute approximate surface area is 123 Å². The third-order valence-electron chi connectivity index (χ3n) is 3.22. The third kappa shape index (κ3) is 5.67. The number of amides is 1. The maximum absolute atomic E-state index is 12.2. The van der Waals surface area contributed by atoms with Gasteiger partial charge in [-0.25, -0.2) is 0 Å². The molecule has 0 aliphatic heterocycles. The Morgan fingerprint density at radius 3 is 2.43 bits per heavy atom. The highest BCUT2D eigenvalue weighted by Crippen LogP contribution is 2.17. The van der Waals surface area contributed by atoms with Crippen molar-refractivity contribution in [3.63, 3.8) is 0 Å². The first kappa shape index (κ1) is 17.4. The first-order chi connectivity index (χ1) is 9.97. The van der Waals surface area contributed by atoms with E-state index in [0.717, 1.165) is 18.4 Å². The molecule has 0 radical (unpaired) electrons. The molecule has 1 unspecified atom stereocenters. The van der Waals surface area contributed by atoms with Crippen molar-refractivity contribution in [2.45, 2.75) is 32.9 Å². The molecule has 0 saturated heterocycles. The van der Waals surface area contributed by atoms with Crippen molar-refractivity contribution >= 4 is 5.91 Å². The van der Waals surface area contributed by atoms with Crippen molar-refractivity contribution in [3.8, 4) is 5.75 Å². The maximum atomic E-state index is 12.2. The number of hydrogen-bond acceptors (Lipinski definition) is 3. The lowest BCUT2D eigenvalue weighted by molar-refractivity contribution is -0.134. The summed E-state index contributed by atoms with van der Waals surface area (Å²) < 4.78 is 28.4. The van der Waals surface area contributed by atoms with E-state index in [2.05, 4.69) is 4.74 Å². The van der Waals surface area contributed by atoms with Gasteiger partial charge in [-0.15, -0.1) is 0 Å². The number of rotatable bonds is 8. The van der Waals surface area contributed by atoms with Gasteiger partial charge in [0, 0.05) is 20.1 Å². The Bertz CT molecular complexity index is 438. The smallest absolute Gasteiger partial charge is 0.387 e. The van der Waals surface area contributed by atoms with E-state index in [1.54, 1.807) is 24.1 Å². The maximum Gasteiger partial charge on any atom is 0.387 e. The number of alkyl halides is 2. The Morgan fingerprint density at radius 1 is 1.33 bits per heavy atom. The summed E-state index contributed by atoms with van der Waals surface area (Å²) in [6, 6.07) is 6.26. The van der Waals surface area contributed by atoms with E-state index in [0.29, 0.717) is 13.1 Å². The van der Waals surface area contributed by atoms with Gasteiger partial charge < -0.3 is 15.4 Å². The van der Waals surface area contributed by atoms with Gasteiger partial charge in [-0.3, -0.25) is 4.79 Å². The minimum atomic E-state index is -2.83. The molecular formula is C15H22F2N2O2. The zero-order chi connectivity index (χ0) is 15.8. The monoisotopic (exact) mass is 300 g/mol. The molecule has 0 bridgehead atoms. The third-order valence-corrected chi connectivity index (χ3v) is 3.22. The van der Waals surface area contributed by atoms with Gasteiger partial charge in [0.2, 0.25) is 5.91 Å². The molecule has 21 heavy (non-hydrogen) atoms. The van der Waals surface area contributed by atoms with Crippen LogP contribution in [0.1, 0.15) is 25.3 Å². The van der Waals surface area contributed by atoms with Gasteiger partial charge in [-0.05, 0) is 24.1 Å². The molecule has 0 spiro atoms. The van der Waals surface area contributed by atoms with Gasteiger partial charge in [0.25, 0.3) is 0 Å². The molecule has 118 valence electrons. The lowest BCUT2D eigenvalue weighted by Gasteiger charge is -2.23. The van der Waals surface area contributed by atoms with E-state index < -0.39 is 6.61 Å². The zero-order valence-electron chi connectivity index (χ0n) is 12.4. The van der Waals surface area contributed by atoms with Crippen molar-refractivity contribution in [2.75, 3.05) is 13.6 Å². The molecule has 0 aliphatic rings. The van der Waals surface area contributed by atoms with Crippen molar-refractivity contribution in [3.05, 3.63) is 29.8 Å². The van der Waals surface area contributed by atoms with Crippen LogP contribution in [0.3, 0.4) is 0 Å². The Kier molecular flexibility index (Phi) is 7.08. The van der Waals surface area contributed by atoms with Crippen LogP contribution in [0.4, 0.5) is 8.78 Å². The molecule has 0 heterocycles. The molecule has 0 fully saturated rings. The molecule has 1 aromatic rings. The average molecular weight is 300 g/mol. The highest BCUT2D eigenvalue weighted by Gasteiger charge is 2.19. The normalized spacial score (nSPS) is 12.3. The van der Waals surface area contributed by atoms with Crippen molar-refractivity contribution < 1.29 is 18.3 Å². The van der Waals surface area contributed by atoms with Crippen molar-refractivity contribution in [2.24, 2.45) is 11.7 Å². The van der Waals surface area contributed by atoms with E-state index in [1.165, 1.54) is 12.1 Å². The summed E-state index contributed by atoms with van der Waals surface area (Å²) in [6.07, 6.45) is 1.67. The fourth-order valence-electron chi connectivity index (χ4n) is 2.13. The van der Waals surface area contributed by atoms with Crippen molar-refractivity contribution in [1.29, 1.82) is 0 Å². The Hall–Kier alpha value is -1.69. The Balaban J connectivity index is 2.61. The SMILES string of the molecule is CCCC(CN)C(=O)N(C)Cc1ccc(OC(F)F)cc1. The minimum absolute atomic E-state index is 0.00672. The fourth-order valence-corrected chi connectivity index (χ4v) is 2.13. The molecule has 4 nitrogen and oxygen atoms in total. The molecule has 2 N–H and O–H groups in total. The molecule has 1 rings (SSSR count). The molecular weight excluding hydrogens is 278 g/mol. The van der Waals surface area contributed by atoms with Crippen LogP contribution in [0, 0.1) is 5.92 Å². The molecule has 0 aromatic heterocycles. The first-order valence-electron chi connectivity index (χ1n) is 6.96. The van der Waals surface area contributed by atoms with Gasteiger partial charge in [-0.2, -0.15) is 8.78 Å². The molecule has 0 saturated carbocycles. The largest absolute Gasteiger partial charge is 0.435 e. The average Bonchev–Trinajstić information content (AvgIpc) is 2.45. The standard InChI is InChI=1S/C15H22F2N2O2/c1-3-4-12(9-18)14(20)19(2)10-11-5-7-13(8-6-11)21-15(16)17/h5-8,12,15H,3-4,9-10,18H2,1-2H3. The van der Waals surface area contributed by atoms with Crippen LogP contribution in [0.2, 0.25) is 0 Å². The number of hydrogen-bond donors (Lipinski definition) is 1. The predicted molar refractivity (Wildman–Crippen MR) is 77.0 cm³/mol. The van der Waals surface area contributed by atoms with Crippen LogP contribution in [0.15, 0.2) is 24.3 Å². The number of carbonyl (C=O) groups excluding carboxylic acids is 1. The van der Waals surface area contributed by atoms with Crippen LogP contribution in [-0.2, 0) is 11.3 Å². The Morgan fingerprint density at radius 2 is 1.95 bits per heavy atom. The second-order valence-electron chi connectivity index (χ2n) is 4.94. The van der Waals surface area contributed by atoms with Crippen LogP contribution in [-0.4, -0.2) is 31.0 Å². The quantitative estimate of drug-likeness (QED) is 0.803. The molecule has 1 atom stereocenters. The molecule has 1 amide bonds. The van der Waals surface area contributed by atoms with Crippen LogP contribution >= 0.6 is 0 Å². The van der Waals surface area contributed by atoms with Crippen LogP contribution < -0.4 is 10.5 Å².